The maximum atomic E-state index is 12.5. The van der Waals surface area contributed by atoms with Crippen molar-refractivity contribution < 1.29 is 4.79 Å². The molecule has 0 unspecified atom stereocenters. The maximum Gasteiger partial charge on any atom is 0.261 e. The van der Waals surface area contributed by atoms with Crippen molar-refractivity contribution in [1.29, 1.82) is 0 Å². The number of hydrogen-bond donors (Lipinski definition) is 0. The van der Waals surface area contributed by atoms with E-state index in [0.717, 1.165) is 16.6 Å². The number of anilines is 1. The normalized spacial score (nSPS) is 10.4. The summed E-state index contributed by atoms with van der Waals surface area (Å²) in [6.45, 7) is 2.09. The lowest BCUT2D eigenvalue weighted by molar-refractivity contribution is 0.0993. The van der Waals surface area contributed by atoms with Gasteiger partial charge in [-0.05, 0) is 46.1 Å². The van der Waals surface area contributed by atoms with Gasteiger partial charge < -0.3 is 4.90 Å². The van der Waals surface area contributed by atoms with Crippen molar-refractivity contribution in [2.24, 2.45) is 0 Å². The highest BCUT2D eigenvalue weighted by Crippen LogP contribution is 2.22. The second-order valence-corrected chi connectivity index (χ2v) is 5.65. The van der Waals surface area contributed by atoms with Gasteiger partial charge in [0.1, 0.15) is 5.15 Å². The average molecular weight is 354 g/mol. The number of amides is 1. The Morgan fingerprint density at radius 3 is 2.60 bits per heavy atom. The molecule has 0 N–H and O–H groups in total. The largest absolute Gasteiger partial charge is 0.311 e. The standard InChI is InChI=1S/C15H14BrClN2O/c1-3-10-4-6-12(7-5-10)19(2)15(20)13-8-11(16)9-18-14(13)17/h4-9H,3H2,1-2H3. The summed E-state index contributed by atoms with van der Waals surface area (Å²) in [5.41, 5.74) is 2.43. The Morgan fingerprint density at radius 2 is 2.00 bits per heavy atom. The third kappa shape index (κ3) is 3.19. The van der Waals surface area contributed by atoms with Gasteiger partial charge in [0.2, 0.25) is 0 Å². The molecule has 1 heterocycles. The van der Waals surface area contributed by atoms with Gasteiger partial charge in [-0.3, -0.25) is 4.79 Å². The second-order valence-electron chi connectivity index (χ2n) is 4.38. The average Bonchev–Trinajstić information content (AvgIpc) is 2.48. The fraction of sp³-hybridized carbons (Fsp3) is 0.200. The van der Waals surface area contributed by atoms with Crippen LogP contribution in [-0.2, 0) is 6.42 Å². The zero-order chi connectivity index (χ0) is 14.7. The lowest BCUT2D eigenvalue weighted by Gasteiger charge is -2.18. The second kappa shape index (κ2) is 6.37. The van der Waals surface area contributed by atoms with Crippen molar-refractivity contribution in [3.63, 3.8) is 0 Å². The van der Waals surface area contributed by atoms with Crippen LogP contribution < -0.4 is 4.90 Å². The molecule has 0 aliphatic carbocycles. The highest BCUT2D eigenvalue weighted by molar-refractivity contribution is 9.10. The minimum Gasteiger partial charge on any atom is -0.311 e. The molecular weight excluding hydrogens is 340 g/mol. The lowest BCUT2D eigenvalue weighted by Crippen LogP contribution is -2.26. The van der Waals surface area contributed by atoms with Gasteiger partial charge in [0.05, 0.1) is 5.56 Å². The van der Waals surface area contributed by atoms with Gasteiger partial charge in [-0.25, -0.2) is 4.98 Å². The zero-order valence-electron chi connectivity index (χ0n) is 11.2. The molecule has 5 heteroatoms. The third-order valence-corrected chi connectivity index (χ3v) is 3.81. The van der Waals surface area contributed by atoms with Gasteiger partial charge in [-0.15, -0.1) is 0 Å². The van der Waals surface area contributed by atoms with E-state index in [9.17, 15) is 4.79 Å². The summed E-state index contributed by atoms with van der Waals surface area (Å²) in [6.07, 6.45) is 2.54. The summed E-state index contributed by atoms with van der Waals surface area (Å²) in [5, 5.41) is 0.204. The number of aryl methyl sites for hydroxylation is 1. The maximum absolute atomic E-state index is 12.5. The molecule has 0 fully saturated rings. The predicted octanol–water partition coefficient (Wildman–Crippen LogP) is 4.34. The summed E-state index contributed by atoms with van der Waals surface area (Å²) >= 11 is 9.29. The summed E-state index contributed by atoms with van der Waals surface area (Å²) in [4.78, 5) is 18.0. The Kier molecular flexibility index (Phi) is 4.78. The van der Waals surface area contributed by atoms with E-state index in [1.54, 1.807) is 24.2 Å². The summed E-state index contributed by atoms with van der Waals surface area (Å²) in [5.74, 6) is -0.187. The molecule has 0 saturated carbocycles. The minimum atomic E-state index is -0.187. The van der Waals surface area contributed by atoms with Gasteiger partial charge in [0, 0.05) is 23.4 Å². The Hall–Kier alpha value is -1.39. The van der Waals surface area contributed by atoms with E-state index in [1.807, 2.05) is 24.3 Å². The van der Waals surface area contributed by atoms with Crippen LogP contribution in [0.5, 0.6) is 0 Å². The molecule has 1 aromatic heterocycles. The molecule has 0 radical (unpaired) electrons. The minimum absolute atomic E-state index is 0.187. The molecule has 0 aliphatic rings. The topological polar surface area (TPSA) is 33.2 Å². The molecule has 2 rings (SSSR count). The smallest absolute Gasteiger partial charge is 0.261 e. The molecule has 0 aliphatic heterocycles. The van der Waals surface area contributed by atoms with Gasteiger partial charge in [-0.1, -0.05) is 30.7 Å². The molecule has 20 heavy (non-hydrogen) atoms. The van der Waals surface area contributed by atoms with Crippen LogP contribution >= 0.6 is 27.5 Å². The van der Waals surface area contributed by atoms with Crippen molar-refractivity contribution in [1.82, 2.24) is 4.98 Å². The van der Waals surface area contributed by atoms with Crippen molar-refractivity contribution in [2.45, 2.75) is 13.3 Å². The van der Waals surface area contributed by atoms with Crippen LogP contribution in [0.15, 0.2) is 41.0 Å². The van der Waals surface area contributed by atoms with Crippen LogP contribution in [0, 0.1) is 0 Å². The van der Waals surface area contributed by atoms with E-state index >= 15 is 0 Å². The molecule has 1 aromatic carbocycles. The number of pyridine rings is 1. The van der Waals surface area contributed by atoms with Gasteiger partial charge in [-0.2, -0.15) is 0 Å². The number of benzene rings is 1. The van der Waals surface area contributed by atoms with E-state index in [0.29, 0.717) is 5.56 Å². The van der Waals surface area contributed by atoms with Crippen molar-refractivity contribution >= 4 is 39.1 Å². The Morgan fingerprint density at radius 1 is 1.35 bits per heavy atom. The van der Waals surface area contributed by atoms with Crippen LogP contribution in [-0.4, -0.2) is 17.9 Å². The number of carbonyl (C=O) groups is 1. The van der Waals surface area contributed by atoms with Crippen LogP contribution in [0.2, 0.25) is 5.15 Å². The number of hydrogen-bond acceptors (Lipinski definition) is 2. The summed E-state index contributed by atoms with van der Waals surface area (Å²) in [7, 11) is 1.72. The molecule has 104 valence electrons. The molecule has 0 bridgehead atoms. The number of nitrogens with zero attached hydrogens (tertiary/aromatic N) is 2. The first kappa shape index (κ1) is 15.0. The quantitative estimate of drug-likeness (QED) is 0.769. The van der Waals surface area contributed by atoms with Crippen LogP contribution in [0.4, 0.5) is 5.69 Å². The first-order valence-electron chi connectivity index (χ1n) is 6.21. The van der Waals surface area contributed by atoms with E-state index in [4.69, 9.17) is 11.6 Å². The van der Waals surface area contributed by atoms with Crippen molar-refractivity contribution in [3.8, 4) is 0 Å². The summed E-state index contributed by atoms with van der Waals surface area (Å²) < 4.78 is 0.722. The van der Waals surface area contributed by atoms with E-state index in [2.05, 4.69) is 27.8 Å². The molecular formula is C15H14BrClN2O. The van der Waals surface area contributed by atoms with Crippen molar-refractivity contribution in [2.75, 3.05) is 11.9 Å². The predicted molar refractivity (Wildman–Crippen MR) is 85.5 cm³/mol. The Labute approximate surface area is 131 Å². The molecule has 3 nitrogen and oxygen atoms in total. The fourth-order valence-electron chi connectivity index (χ4n) is 1.83. The molecule has 0 atom stereocenters. The third-order valence-electron chi connectivity index (χ3n) is 3.07. The monoisotopic (exact) mass is 352 g/mol. The van der Waals surface area contributed by atoms with E-state index < -0.39 is 0 Å². The number of aromatic nitrogens is 1. The zero-order valence-corrected chi connectivity index (χ0v) is 13.6. The molecule has 1 amide bonds. The Balaban J connectivity index is 2.29. The highest BCUT2D eigenvalue weighted by atomic mass is 79.9. The SMILES string of the molecule is CCc1ccc(N(C)C(=O)c2cc(Br)cnc2Cl)cc1. The summed E-state index contributed by atoms with van der Waals surface area (Å²) in [6, 6.07) is 9.56. The van der Waals surface area contributed by atoms with Crippen molar-refractivity contribution in [3.05, 3.63) is 57.3 Å². The Bertz CT molecular complexity index is 628. The number of rotatable bonds is 3. The van der Waals surface area contributed by atoms with Crippen LogP contribution in [0.25, 0.3) is 0 Å². The van der Waals surface area contributed by atoms with E-state index in [1.165, 1.54) is 5.56 Å². The first-order valence-corrected chi connectivity index (χ1v) is 7.38. The van der Waals surface area contributed by atoms with Crippen LogP contribution in [0.1, 0.15) is 22.8 Å². The van der Waals surface area contributed by atoms with Gasteiger partial charge in [0.15, 0.2) is 0 Å². The number of halogens is 2. The molecule has 0 saturated heterocycles. The van der Waals surface area contributed by atoms with Gasteiger partial charge in [0.25, 0.3) is 5.91 Å². The number of carbonyl (C=O) groups excluding carboxylic acids is 1. The lowest BCUT2D eigenvalue weighted by atomic mass is 10.1. The highest BCUT2D eigenvalue weighted by Gasteiger charge is 2.17. The van der Waals surface area contributed by atoms with Gasteiger partial charge >= 0.3 is 0 Å². The first-order chi connectivity index (χ1) is 9.52. The molecule has 2 aromatic rings. The fourth-order valence-corrected chi connectivity index (χ4v) is 2.34. The van der Waals surface area contributed by atoms with E-state index in [-0.39, 0.29) is 11.1 Å². The molecule has 0 spiro atoms. The van der Waals surface area contributed by atoms with Crippen LogP contribution in [0.3, 0.4) is 0 Å².